The van der Waals surface area contributed by atoms with E-state index in [9.17, 15) is 14.9 Å². The number of amides is 1. The second kappa shape index (κ2) is 5.09. The van der Waals surface area contributed by atoms with Crippen LogP contribution in [-0.4, -0.2) is 28.9 Å². The number of nitro groups is 1. The van der Waals surface area contributed by atoms with Crippen molar-refractivity contribution in [1.29, 1.82) is 0 Å². The summed E-state index contributed by atoms with van der Waals surface area (Å²) < 4.78 is 0. The molecule has 0 atom stereocenters. The van der Waals surface area contributed by atoms with E-state index in [1.807, 2.05) is 4.90 Å². The predicted molar refractivity (Wildman–Crippen MR) is 69.4 cm³/mol. The zero-order valence-corrected chi connectivity index (χ0v) is 10.3. The summed E-state index contributed by atoms with van der Waals surface area (Å²) >= 11 is 0. The maximum atomic E-state index is 11.1. The first-order valence-corrected chi connectivity index (χ1v) is 5.93. The summed E-state index contributed by atoms with van der Waals surface area (Å²) in [5.41, 5.74) is 10.7. The van der Waals surface area contributed by atoms with Gasteiger partial charge in [-0.2, -0.15) is 0 Å². The van der Waals surface area contributed by atoms with Gasteiger partial charge < -0.3 is 16.4 Å². The molecule has 0 radical (unpaired) electrons. The van der Waals surface area contributed by atoms with Crippen LogP contribution in [0.3, 0.4) is 0 Å². The molecule has 1 aromatic heterocycles. The third-order valence-electron chi connectivity index (χ3n) is 3.25. The second-order valence-corrected chi connectivity index (χ2v) is 4.53. The summed E-state index contributed by atoms with van der Waals surface area (Å²) in [6.07, 6.45) is 1.25. The molecule has 4 N–H and O–H groups in total. The molecule has 8 nitrogen and oxygen atoms in total. The van der Waals surface area contributed by atoms with Gasteiger partial charge in [-0.1, -0.05) is 0 Å². The average Bonchev–Trinajstić information content (AvgIpc) is 2.38. The highest BCUT2D eigenvalue weighted by Crippen LogP contribution is 2.26. The van der Waals surface area contributed by atoms with Crippen LogP contribution in [0.5, 0.6) is 0 Å². The molecule has 8 heteroatoms. The van der Waals surface area contributed by atoms with Crippen LogP contribution in [0, 0.1) is 16.0 Å². The van der Waals surface area contributed by atoms with Crippen LogP contribution >= 0.6 is 0 Å². The van der Waals surface area contributed by atoms with E-state index in [-0.39, 0.29) is 23.3 Å². The van der Waals surface area contributed by atoms with Crippen LogP contribution in [0.25, 0.3) is 0 Å². The van der Waals surface area contributed by atoms with Crippen molar-refractivity contribution >= 4 is 23.2 Å². The molecule has 1 aromatic rings. The third kappa shape index (κ3) is 2.90. The van der Waals surface area contributed by atoms with Gasteiger partial charge in [0.1, 0.15) is 11.6 Å². The fourth-order valence-electron chi connectivity index (χ4n) is 2.18. The van der Waals surface area contributed by atoms with Crippen molar-refractivity contribution < 1.29 is 9.72 Å². The Morgan fingerprint density at radius 1 is 1.42 bits per heavy atom. The Labute approximate surface area is 109 Å². The zero-order chi connectivity index (χ0) is 14.0. The van der Waals surface area contributed by atoms with Gasteiger partial charge >= 0.3 is 0 Å². The number of carbonyl (C=O) groups is 1. The summed E-state index contributed by atoms with van der Waals surface area (Å²) in [6.45, 7) is 1.17. The fraction of sp³-hybridized carbons (Fsp3) is 0.455. The van der Waals surface area contributed by atoms with Crippen molar-refractivity contribution in [3.8, 4) is 0 Å². The molecule has 102 valence electrons. The molecule has 0 aromatic carbocycles. The van der Waals surface area contributed by atoms with Crippen LogP contribution < -0.4 is 16.4 Å². The van der Waals surface area contributed by atoms with Gasteiger partial charge in [0.25, 0.3) is 5.69 Å². The predicted octanol–water partition coefficient (Wildman–Crippen LogP) is 0.274. The molecule has 19 heavy (non-hydrogen) atoms. The molecule has 2 heterocycles. The van der Waals surface area contributed by atoms with Crippen molar-refractivity contribution in [1.82, 2.24) is 4.98 Å². The van der Waals surface area contributed by atoms with E-state index in [1.165, 1.54) is 12.1 Å². The number of nitrogens with zero attached hydrogens (tertiary/aromatic N) is 3. The van der Waals surface area contributed by atoms with E-state index in [0.717, 1.165) is 0 Å². The molecule has 1 saturated heterocycles. The lowest BCUT2D eigenvalue weighted by atomic mass is 9.96. The molecule has 1 aliphatic rings. The van der Waals surface area contributed by atoms with E-state index < -0.39 is 4.92 Å². The number of primary amides is 1. The number of hydrogen-bond acceptors (Lipinski definition) is 6. The third-order valence-corrected chi connectivity index (χ3v) is 3.25. The molecule has 0 saturated carbocycles. The number of nitrogens with two attached hydrogens (primary N) is 2. The molecule has 1 aliphatic heterocycles. The number of aromatic nitrogens is 1. The van der Waals surface area contributed by atoms with Crippen LogP contribution in [0.2, 0.25) is 0 Å². The SMILES string of the molecule is NC(=O)C1CCN(c2cc([N+](=O)[O-])cc(N)n2)CC1. The maximum Gasteiger partial charge on any atom is 0.276 e. The Hall–Kier alpha value is -2.38. The molecule has 0 aliphatic carbocycles. The average molecular weight is 265 g/mol. The topological polar surface area (TPSA) is 128 Å². The van der Waals surface area contributed by atoms with E-state index in [4.69, 9.17) is 11.5 Å². The largest absolute Gasteiger partial charge is 0.383 e. The fourth-order valence-corrected chi connectivity index (χ4v) is 2.18. The number of nitrogen functional groups attached to an aromatic ring is 1. The van der Waals surface area contributed by atoms with Gasteiger partial charge in [0.15, 0.2) is 0 Å². The Bertz CT molecular complexity index is 511. The van der Waals surface area contributed by atoms with Gasteiger partial charge in [-0.15, -0.1) is 0 Å². The lowest BCUT2D eigenvalue weighted by Gasteiger charge is -2.31. The molecule has 2 rings (SSSR count). The van der Waals surface area contributed by atoms with Crippen molar-refractivity contribution in [2.45, 2.75) is 12.8 Å². The van der Waals surface area contributed by atoms with E-state index in [0.29, 0.717) is 31.7 Å². The lowest BCUT2D eigenvalue weighted by molar-refractivity contribution is -0.384. The highest BCUT2D eigenvalue weighted by atomic mass is 16.6. The van der Waals surface area contributed by atoms with Crippen LogP contribution in [-0.2, 0) is 4.79 Å². The minimum Gasteiger partial charge on any atom is -0.383 e. The van der Waals surface area contributed by atoms with E-state index >= 15 is 0 Å². The second-order valence-electron chi connectivity index (χ2n) is 4.53. The maximum absolute atomic E-state index is 11.1. The standard InChI is InChI=1S/C11H15N5O3/c12-9-5-8(16(18)19)6-10(14-9)15-3-1-7(2-4-15)11(13)17/h5-7H,1-4H2,(H2,12,14)(H2,13,17). The Morgan fingerprint density at radius 2 is 2.05 bits per heavy atom. The molecular formula is C11H15N5O3. The molecular weight excluding hydrogens is 250 g/mol. The molecule has 0 unspecified atom stereocenters. The first kappa shape index (κ1) is 13.1. The van der Waals surface area contributed by atoms with E-state index in [2.05, 4.69) is 4.98 Å². The number of rotatable bonds is 3. The Balaban J connectivity index is 2.15. The lowest BCUT2D eigenvalue weighted by Crippen LogP contribution is -2.39. The van der Waals surface area contributed by atoms with Gasteiger partial charge in [0.05, 0.1) is 17.1 Å². The zero-order valence-electron chi connectivity index (χ0n) is 10.3. The quantitative estimate of drug-likeness (QED) is 0.596. The van der Waals surface area contributed by atoms with Crippen molar-refractivity contribution in [2.24, 2.45) is 11.7 Å². The number of anilines is 2. The van der Waals surface area contributed by atoms with Crippen LogP contribution in [0.4, 0.5) is 17.3 Å². The first-order valence-electron chi connectivity index (χ1n) is 5.93. The normalized spacial score (nSPS) is 16.3. The number of piperidine rings is 1. The molecule has 1 fully saturated rings. The molecule has 0 bridgehead atoms. The van der Waals surface area contributed by atoms with Crippen molar-refractivity contribution in [3.05, 3.63) is 22.2 Å². The van der Waals surface area contributed by atoms with Crippen molar-refractivity contribution in [2.75, 3.05) is 23.7 Å². The van der Waals surface area contributed by atoms with Crippen molar-refractivity contribution in [3.63, 3.8) is 0 Å². The monoisotopic (exact) mass is 265 g/mol. The van der Waals surface area contributed by atoms with Gasteiger partial charge in [0, 0.05) is 19.0 Å². The summed E-state index contributed by atoms with van der Waals surface area (Å²) in [6, 6.07) is 2.61. The minimum atomic E-state index is -0.502. The Morgan fingerprint density at radius 3 is 2.58 bits per heavy atom. The summed E-state index contributed by atoms with van der Waals surface area (Å²) in [4.78, 5) is 27.3. The highest BCUT2D eigenvalue weighted by Gasteiger charge is 2.25. The van der Waals surface area contributed by atoms with Gasteiger partial charge in [-0.25, -0.2) is 4.98 Å². The Kier molecular flexibility index (Phi) is 3.50. The number of hydrogen-bond donors (Lipinski definition) is 2. The van der Waals surface area contributed by atoms with Gasteiger partial charge in [-0.3, -0.25) is 14.9 Å². The van der Waals surface area contributed by atoms with Gasteiger partial charge in [0.2, 0.25) is 5.91 Å². The minimum absolute atomic E-state index is 0.0838. The molecule has 1 amide bonds. The first-order chi connectivity index (χ1) is 8.97. The number of pyridine rings is 1. The molecule has 0 spiro atoms. The summed E-state index contributed by atoms with van der Waals surface area (Å²) in [5.74, 6) is 0.148. The van der Waals surface area contributed by atoms with Crippen LogP contribution in [0.1, 0.15) is 12.8 Å². The smallest absolute Gasteiger partial charge is 0.276 e. The number of carbonyl (C=O) groups excluding carboxylic acids is 1. The van der Waals surface area contributed by atoms with Gasteiger partial charge in [-0.05, 0) is 12.8 Å². The van der Waals surface area contributed by atoms with E-state index in [1.54, 1.807) is 0 Å². The summed E-state index contributed by atoms with van der Waals surface area (Å²) in [7, 11) is 0. The highest BCUT2D eigenvalue weighted by molar-refractivity contribution is 5.77. The summed E-state index contributed by atoms with van der Waals surface area (Å²) in [5, 5.41) is 10.8. The van der Waals surface area contributed by atoms with Crippen LogP contribution in [0.15, 0.2) is 12.1 Å².